The van der Waals surface area contributed by atoms with Gasteiger partial charge in [0, 0.05) is 29.8 Å². The Bertz CT molecular complexity index is 918. The molecule has 0 spiro atoms. The lowest BCUT2D eigenvalue weighted by Gasteiger charge is -2.35. The van der Waals surface area contributed by atoms with Gasteiger partial charge in [0.25, 0.3) is 0 Å². The van der Waals surface area contributed by atoms with Crippen molar-refractivity contribution in [1.29, 1.82) is 0 Å². The van der Waals surface area contributed by atoms with Gasteiger partial charge in [0.05, 0.1) is 25.4 Å². The van der Waals surface area contributed by atoms with Crippen molar-refractivity contribution in [2.45, 2.75) is 12.7 Å². The van der Waals surface area contributed by atoms with E-state index in [1.807, 2.05) is 12.1 Å². The summed E-state index contributed by atoms with van der Waals surface area (Å²) in [5, 5.41) is 16.7. The number of phenols is 1. The fraction of sp³-hybridized carbons (Fsp3) is 0.333. The number of phenolic OH excluding ortho intramolecular Hbond substituents is 1. The first-order chi connectivity index (χ1) is 13.2. The lowest BCUT2D eigenvalue weighted by molar-refractivity contribution is 0.0170. The maximum absolute atomic E-state index is 9.83. The lowest BCUT2D eigenvalue weighted by atomic mass is 10.1. The van der Waals surface area contributed by atoms with Crippen LogP contribution in [0.25, 0.3) is 10.4 Å². The number of pyridine rings is 1. The molecule has 0 bridgehead atoms. The van der Waals surface area contributed by atoms with E-state index < -0.39 is 0 Å². The number of aromatic hydroxyl groups is 1. The van der Waals surface area contributed by atoms with Crippen molar-refractivity contribution in [3.63, 3.8) is 0 Å². The van der Waals surface area contributed by atoms with Gasteiger partial charge < -0.3 is 15.2 Å². The molecule has 3 heterocycles. The zero-order chi connectivity index (χ0) is 18.6. The van der Waals surface area contributed by atoms with Crippen LogP contribution in [-0.4, -0.2) is 47.1 Å². The van der Waals surface area contributed by atoms with E-state index in [2.05, 4.69) is 25.2 Å². The van der Waals surface area contributed by atoms with Gasteiger partial charge in [-0.1, -0.05) is 17.2 Å². The first kappa shape index (κ1) is 17.3. The van der Waals surface area contributed by atoms with Gasteiger partial charge in [0.15, 0.2) is 0 Å². The average Bonchev–Trinajstić information content (AvgIpc) is 2.72. The second kappa shape index (κ2) is 7.63. The Kier molecular flexibility index (Phi) is 4.88. The summed E-state index contributed by atoms with van der Waals surface area (Å²) in [6.45, 7) is 3.09. The molecule has 0 saturated carbocycles. The van der Waals surface area contributed by atoms with Gasteiger partial charge in [0.2, 0.25) is 0 Å². The Morgan fingerprint density at radius 2 is 2.19 bits per heavy atom. The number of benzene rings is 1. The maximum Gasteiger partial charge on any atom is 0.149 e. The minimum atomic E-state index is -0.240. The van der Waals surface area contributed by atoms with Crippen LogP contribution < -0.4 is 5.32 Å². The zero-order valence-corrected chi connectivity index (χ0v) is 14.6. The molecular formula is C18H19N7O2. The number of aliphatic imine (C=N–C) groups is 1. The molecule has 1 saturated heterocycles. The van der Waals surface area contributed by atoms with Crippen LogP contribution >= 0.6 is 0 Å². The van der Waals surface area contributed by atoms with Gasteiger partial charge in [-0.15, -0.1) is 0 Å². The van der Waals surface area contributed by atoms with Crippen molar-refractivity contribution in [3.05, 3.63) is 63.8 Å². The second-order valence-corrected chi connectivity index (χ2v) is 6.34. The first-order valence-electron chi connectivity index (χ1n) is 8.70. The molecule has 2 N–H and O–H groups in total. The highest BCUT2D eigenvalue weighted by atomic mass is 16.5. The van der Waals surface area contributed by atoms with Crippen LogP contribution in [0.4, 0.5) is 5.69 Å². The van der Waals surface area contributed by atoms with Crippen molar-refractivity contribution in [3.8, 4) is 5.75 Å². The highest BCUT2D eigenvalue weighted by molar-refractivity contribution is 6.09. The SMILES string of the molecule is [N-]=[N+]=NCc1cnc2c(c1)NC(c1cccc(O)c1)=NC2N1CCOCC1. The molecule has 27 heavy (non-hydrogen) atoms. The van der Waals surface area contributed by atoms with E-state index in [0.717, 1.165) is 35.6 Å². The summed E-state index contributed by atoms with van der Waals surface area (Å²) < 4.78 is 5.46. The molecule has 4 rings (SSSR count). The smallest absolute Gasteiger partial charge is 0.149 e. The summed E-state index contributed by atoms with van der Waals surface area (Å²) >= 11 is 0. The van der Waals surface area contributed by atoms with Crippen LogP contribution in [0.5, 0.6) is 5.75 Å². The molecule has 0 radical (unpaired) electrons. The van der Waals surface area contributed by atoms with Crippen LogP contribution in [0.2, 0.25) is 0 Å². The fourth-order valence-corrected chi connectivity index (χ4v) is 3.24. The van der Waals surface area contributed by atoms with Crippen molar-refractivity contribution >= 4 is 11.5 Å². The van der Waals surface area contributed by atoms with Crippen molar-refractivity contribution in [1.82, 2.24) is 9.88 Å². The second-order valence-electron chi connectivity index (χ2n) is 6.34. The predicted molar refractivity (Wildman–Crippen MR) is 100 cm³/mol. The molecule has 1 aromatic heterocycles. The number of ether oxygens (including phenoxy) is 1. The molecule has 9 heteroatoms. The Hall–Kier alpha value is -3.13. The minimum Gasteiger partial charge on any atom is -0.508 e. The summed E-state index contributed by atoms with van der Waals surface area (Å²) in [5.41, 5.74) is 11.8. The highest BCUT2D eigenvalue weighted by Crippen LogP contribution is 2.33. The van der Waals surface area contributed by atoms with Crippen LogP contribution in [0.15, 0.2) is 46.6 Å². The number of morpholine rings is 1. The molecule has 2 aliphatic heterocycles. The predicted octanol–water partition coefficient (Wildman–Crippen LogP) is 2.80. The third-order valence-corrected chi connectivity index (χ3v) is 4.55. The number of anilines is 1. The molecule has 2 aliphatic rings. The minimum absolute atomic E-state index is 0.181. The van der Waals surface area contributed by atoms with E-state index in [9.17, 15) is 5.11 Å². The number of nitrogens with zero attached hydrogens (tertiary/aromatic N) is 6. The number of amidine groups is 1. The molecule has 138 valence electrons. The molecule has 1 fully saturated rings. The molecule has 1 atom stereocenters. The summed E-state index contributed by atoms with van der Waals surface area (Å²) in [4.78, 5) is 14.5. The quantitative estimate of drug-likeness (QED) is 0.490. The van der Waals surface area contributed by atoms with Crippen molar-refractivity contribution in [2.24, 2.45) is 10.1 Å². The Labute approximate surface area is 155 Å². The lowest BCUT2D eigenvalue weighted by Crippen LogP contribution is -2.41. The molecule has 1 unspecified atom stereocenters. The highest BCUT2D eigenvalue weighted by Gasteiger charge is 2.30. The van der Waals surface area contributed by atoms with E-state index >= 15 is 0 Å². The standard InChI is InChI=1S/C18H19N7O2/c19-24-21-11-12-8-15-16(20-10-12)18(25-4-6-27-7-5-25)23-17(22-15)13-2-1-3-14(26)9-13/h1-3,8-10,18,26H,4-7,11H2,(H,22,23). The molecule has 0 amide bonds. The molecule has 2 aromatic rings. The van der Waals surface area contributed by atoms with E-state index in [1.54, 1.807) is 24.4 Å². The van der Waals surface area contributed by atoms with Crippen molar-refractivity contribution in [2.75, 3.05) is 31.6 Å². The molecule has 9 nitrogen and oxygen atoms in total. The largest absolute Gasteiger partial charge is 0.508 e. The summed E-state index contributed by atoms with van der Waals surface area (Å²) in [6, 6.07) is 8.90. The number of azide groups is 1. The number of aromatic nitrogens is 1. The third-order valence-electron chi connectivity index (χ3n) is 4.55. The molecule has 1 aromatic carbocycles. The van der Waals surface area contributed by atoms with E-state index in [-0.39, 0.29) is 18.5 Å². The molecular weight excluding hydrogens is 346 g/mol. The van der Waals surface area contributed by atoms with Gasteiger partial charge in [-0.25, -0.2) is 4.99 Å². The monoisotopic (exact) mass is 365 g/mol. The number of nitrogens with one attached hydrogen (secondary N) is 1. The molecule has 0 aliphatic carbocycles. The zero-order valence-electron chi connectivity index (χ0n) is 14.6. The topological polar surface area (TPSA) is 119 Å². The van der Waals surface area contributed by atoms with E-state index in [0.29, 0.717) is 19.0 Å². The van der Waals surface area contributed by atoms with Gasteiger partial charge in [0.1, 0.15) is 23.4 Å². The van der Waals surface area contributed by atoms with Crippen LogP contribution in [0, 0.1) is 0 Å². The summed E-state index contributed by atoms with van der Waals surface area (Å²) in [7, 11) is 0. The van der Waals surface area contributed by atoms with Crippen molar-refractivity contribution < 1.29 is 9.84 Å². The number of rotatable bonds is 4. The van der Waals surface area contributed by atoms with Crippen LogP contribution in [0.3, 0.4) is 0 Å². The van der Waals surface area contributed by atoms with E-state index in [1.165, 1.54) is 0 Å². The van der Waals surface area contributed by atoms with Crippen LogP contribution in [-0.2, 0) is 11.3 Å². The normalized spacial score (nSPS) is 19.4. The van der Waals surface area contributed by atoms with Gasteiger partial charge in [-0.3, -0.25) is 9.88 Å². The van der Waals surface area contributed by atoms with Crippen LogP contribution in [0.1, 0.15) is 23.0 Å². The maximum atomic E-state index is 9.83. The van der Waals surface area contributed by atoms with Gasteiger partial charge in [-0.05, 0) is 29.3 Å². The number of fused-ring (bicyclic) bond motifs is 1. The Morgan fingerprint density at radius 1 is 1.33 bits per heavy atom. The summed E-state index contributed by atoms with van der Waals surface area (Å²) in [5.74, 6) is 0.846. The third kappa shape index (κ3) is 3.70. The van der Waals surface area contributed by atoms with Gasteiger partial charge in [-0.2, -0.15) is 0 Å². The first-order valence-corrected chi connectivity index (χ1v) is 8.70. The van der Waals surface area contributed by atoms with Gasteiger partial charge >= 0.3 is 0 Å². The summed E-state index contributed by atoms with van der Waals surface area (Å²) in [6.07, 6.45) is 1.48. The average molecular weight is 365 g/mol. The Morgan fingerprint density at radius 3 is 2.96 bits per heavy atom. The van der Waals surface area contributed by atoms with E-state index in [4.69, 9.17) is 15.3 Å². The number of hydrogen-bond acceptors (Lipinski definition) is 7. The number of hydrogen-bond donors (Lipinski definition) is 2. The fourth-order valence-electron chi connectivity index (χ4n) is 3.24. The Balaban J connectivity index is 1.74.